The van der Waals surface area contributed by atoms with Crippen LogP contribution in [0.2, 0.25) is 0 Å². The summed E-state index contributed by atoms with van der Waals surface area (Å²) in [5.74, 6) is 0. The van der Waals surface area contributed by atoms with Crippen molar-refractivity contribution in [1.82, 2.24) is 0 Å². The third-order valence-electron chi connectivity index (χ3n) is 0.409. The minimum absolute atomic E-state index is 0.513. The minimum Gasteiger partial charge on any atom is -0.110 e. The average Bonchev–Trinajstić information content (AvgIpc) is 2.66. The topological polar surface area (TPSA) is 0 Å². The molecule has 0 spiro atoms. The Bertz CT molecular complexity index is 351. The van der Waals surface area contributed by atoms with Crippen LogP contribution < -0.4 is 0 Å². The first-order valence-electron chi connectivity index (χ1n) is 8.37. The quantitative estimate of drug-likeness (QED) is 0.280. The highest BCUT2D eigenvalue weighted by Gasteiger charge is 1.89. The van der Waals surface area contributed by atoms with Gasteiger partial charge >= 0.3 is 0 Å². The molecular formula is H15P13. The van der Waals surface area contributed by atoms with Crippen LogP contribution in [0.4, 0.5) is 0 Å². The molecule has 0 aromatic rings. The van der Waals surface area contributed by atoms with E-state index in [-0.39, 0.29) is 0 Å². The Morgan fingerprint density at radius 2 is 0.923 bits per heavy atom. The largest absolute Gasteiger partial charge is 0.110 e. The Hall–Kier alpha value is 5.59. The van der Waals surface area contributed by atoms with Crippen molar-refractivity contribution in [3.8, 4) is 0 Å². The predicted octanol–water partition coefficient (Wildman–Crippen LogP) is 7.18. The van der Waals surface area contributed by atoms with Crippen molar-refractivity contribution < 1.29 is 0 Å². The van der Waals surface area contributed by atoms with E-state index in [0.717, 1.165) is 0 Å². The van der Waals surface area contributed by atoms with Crippen molar-refractivity contribution in [3.63, 3.8) is 0 Å². The summed E-state index contributed by atoms with van der Waals surface area (Å²) < 4.78 is 102. The second-order valence-corrected chi connectivity index (χ2v) is 27.1. The van der Waals surface area contributed by atoms with E-state index >= 15 is 0 Å². The van der Waals surface area contributed by atoms with Gasteiger partial charge < -0.3 is 0 Å². The summed E-state index contributed by atoms with van der Waals surface area (Å²) in [5, 5.41) is 0. The van der Waals surface area contributed by atoms with Gasteiger partial charge in [0.2, 0.25) is 0 Å². The molecule has 13 heteroatoms. The molecule has 0 nitrogen and oxygen atoms in total. The van der Waals surface area contributed by atoms with Crippen LogP contribution in [0.3, 0.4) is 0 Å². The molecule has 0 amide bonds. The van der Waals surface area contributed by atoms with Crippen molar-refractivity contribution >= 4 is 105 Å². The van der Waals surface area contributed by atoms with Crippen LogP contribution >= 0.6 is 105 Å². The maximum atomic E-state index is 8.15. The van der Waals surface area contributed by atoms with E-state index < -0.39 is 105 Å². The van der Waals surface area contributed by atoms with E-state index in [1.165, 1.54) is 0 Å². The van der Waals surface area contributed by atoms with Gasteiger partial charge in [-0.1, -0.05) is 86.9 Å². The molecule has 0 N–H and O–H groups in total. The van der Waals surface area contributed by atoms with E-state index in [1.807, 2.05) is 0 Å². The molecule has 0 bridgehead atoms. The van der Waals surface area contributed by atoms with Gasteiger partial charge in [-0.15, -0.1) is 17.7 Å². The van der Waals surface area contributed by atoms with Crippen LogP contribution in [0.15, 0.2) is 0 Å². The molecule has 0 saturated carbocycles. The Morgan fingerprint density at radius 3 is 1.23 bits per heavy atom. The van der Waals surface area contributed by atoms with Gasteiger partial charge in [-0.05, 0) is 0 Å². The SMILES string of the molecule is [3H]PP([3H])P([3H])P([3H])P([3H])P([3H])P([3H])P([3H])P([3H])P([3H])P([3H])P([3H])P[3H]. The molecule has 0 aromatic carbocycles. The highest BCUT2D eigenvalue weighted by Crippen LogP contribution is 2.82. The molecule has 0 heterocycles. The minimum atomic E-state index is -2.10. The standard InChI is InChI=1S/H15P13/c1-3-5-7-9-11-13-12-10-8-6-4-2/h3-13H,1-2H2/i1T,2T,3T,4T,5T,6T,7T,8T,9T,10T,11T,12T,13T. The molecule has 0 aliphatic carbocycles. The lowest BCUT2D eigenvalue weighted by Crippen LogP contribution is -1.09. The van der Waals surface area contributed by atoms with Gasteiger partial charge in [0.1, 0.15) is 0 Å². The van der Waals surface area contributed by atoms with Gasteiger partial charge in [0.25, 0.3) is 0 Å². The molecule has 0 aromatic heterocycles. The lowest BCUT2D eigenvalue weighted by atomic mass is 29.0. The van der Waals surface area contributed by atoms with Gasteiger partial charge in [-0.25, -0.2) is 0 Å². The molecule has 0 radical (unpaired) electrons. The molecule has 12 atom stereocenters. The third kappa shape index (κ3) is 17.6. The molecule has 80 valence electrons. The monoisotopic (exact) mass is 444 g/mol. The summed E-state index contributed by atoms with van der Waals surface area (Å²) >= 11 is 0. The fraction of sp³-hybridized carbons (Fsp3) is 0. The molecule has 13 heavy (non-hydrogen) atoms. The maximum absolute atomic E-state index is 8.15. The molecule has 12 unspecified atom stereocenters. The summed E-state index contributed by atoms with van der Waals surface area (Å²) in [6.07, 6.45) is 0. The Balaban J connectivity index is 5.00. The fourth-order valence-corrected chi connectivity index (χ4v) is 40.1. The molecular weight excluding hydrogens is 403 g/mol. The summed E-state index contributed by atoms with van der Waals surface area (Å²) in [5.41, 5.74) is 0. The number of hydrogen-bond acceptors (Lipinski definition) is 0. The number of rotatable bonds is 12. The number of hydrogen-bond donors (Lipinski definition) is 0. The van der Waals surface area contributed by atoms with E-state index in [9.17, 15) is 0 Å². The van der Waals surface area contributed by atoms with Crippen molar-refractivity contribution in [2.24, 2.45) is 0 Å². The molecule has 0 aliphatic heterocycles. The summed E-state index contributed by atoms with van der Waals surface area (Å²) in [6.45, 7) is 0. The van der Waals surface area contributed by atoms with Crippen molar-refractivity contribution in [1.29, 1.82) is 16.6 Å². The highest BCUT2D eigenvalue weighted by atomic mass is 32.9. The van der Waals surface area contributed by atoms with Crippen LogP contribution in [0.1, 0.15) is 0 Å². The van der Waals surface area contributed by atoms with Gasteiger partial charge in [-0.3, -0.25) is 0 Å². The average molecular weight is 444 g/mol. The Morgan fingerprint density at radius 1 is 0.615 bits per heavy atom. The third-order valence-corrected chi connectivity index (χ3v) is 33.2. The first-order chi connectivity index (χ1) is 11.9. The van der Waals surface area contributed by atoms with Crippen molar-refractivity contribution in [2.75, 3.05) is 0 Å². The fourth-order valence-electron chi connectivity index (χ4n) is 0.165. The van der Waals surface area contributed by atoms with Gasteiger partial charge in [0, 0.05) is 0 Å². The second-order valence-electron chi connectivity index (χ2n) is 1.00. The van der Waals surface area contributed by atoms with E-state index in [1.54, 1.807) is 0 Å². The van der Waals surface area contributed by atoms with Crippen LogP contribution in [0, 0.1) is 0 Å². The summed E-state index contributed by atoms with van der Waals surface area (Å²) in [7, 11) is -22.4. The van der Waals surface area contributed by atoms with Gasteiger partial charge in [0.15, 0.2) is 0 Å². The lowest BCUT2D eigenvalue weighted by molar-refractivity contribution is 4.97. The van der Waals surface area contributed by atoms with Crippen LogP contribution in [-0.2, 0) is 0 Å². The van der Waals surface area contributed by atoms with Crippen molar-refractivity contribution in [2.45, 2.75) is 0 Å². The smallest absolute Gasteiger partial charge is 0.0677 e. The first-order valence-corrected chi connectivity index (χ1v) is 22.0. The lowest BCUT2D eigenvalue weighted by Gasteiger charge is -2.02. The molecule has 0 fully saturated rings. The second kappa shape index (κ2) is 17.6. The normalized spacial score (nSPS) is 53.4. The van der Waals surface area contributed by atoms with Gasteiger partial charge in [0.05, 0.1) is 16.6 Å². The van der Waals surface area contributed by atoms with Crippen molar-refractivity contribution in [3.05, 3.63) is 0 Å². The van der Waals surface area contributed by atoms with Gasteiger partial charge in [-0.2, -0.15) is 0 Å². The zero-order valence-electron chi connectivity index (χ0n) is 18.9. The van der Waals surface area contributed by atoms with Crippen LogP contribution in [0.5, 0.6) is 0 Å². The Kier molecular flexibility index (Phi) is 8.32. The summed E-state index contributed by atoms with van der Waals surface area (Å²) in [4.78, 5) is 0. The highest BCUT2D eigenvalue weighted by molar-refractivity contribution is 8.88. The zero-order valence-corrected chi connectivity index (χ0v) is 17.8. The van der Waals surface area contributed by atoms with E-state index in [0.29, 0.717) is 0 Å². The molecule has 0 saturated heterocycles. The molecule has 0 aliphatic rings. The maximum Gasteiger partial charge on any atom is 0.0677 e. The zero-order chi connectivity index (χ0) is 20.8. The van der Waals surface area contributed by atoms with Crippen LogP contribution in [0.25, 0.3) is 0 Å². The summed E-state index contributed by atoms with van der Waals surface area (Å²) in [6, 6.07) is 0. The van der Waals surface area contributed by atoms with Crippen LogP contribution in [-0.4, -0.2) is 16.6 Å². The van der Waals surface area contributed by atoms with E-state index in [4.69, 9.17) is 16.6 Å². The molecule has 0 rings (SSSR count). The Labute approximate surface area is 122 Å². The van der Waals surface area contributed by atoms with E-state index in [2.05, 4.69) is 0 Å². The predicted molar refractivity (Wildman–Crippen MR) is 111 cm³/mol. The first kappa shape index (κ1) is 6.15.